The lowest BCUT2D eigenvalue weighted by atomic mass is 10.1. The number of ether oxygens (including phenoxy) is 2. The first-order valence-electron chi connectivity index (χ1n) is 7.46. The van der Waals surface area contributed by atoms with E-state index in [1.807, 2.05) is 36.6 Å². The van der Waals surface area contributed by atoms with E-state index in [-0.39, 0.29) is 0 Å². The van der Waals surface area contributed by atoms with Gasteiger partial charge in [-0.15, -0.1) is 11.8 Å². The minimum absolute atomic E-state index is 0.323. The fourth-order valence-corrected chi connectivity index (χ4v) is 2.96. The molecule has 4 nitrogen and oxygen atoms in total. The molecule has 0 fully saturated rings. The number of phenolic OH excluding ortho intramolecular Hbond substituents is 1. The van der Waals surface area contributed by atoms with Crippen molar-refractivity contribution in [2.45, 2.75) is 17.9 Å². The summed E-state index contributed by atoms with van der Waals surface area (Å²) in [5, 5.41) is 13.1. The number of hydrogen-bond acceptors (Lipinski definition) is 5. The van der Waals surface area contributed by atoms with Crippen LogP contribution in [-0.4, -0.2) is 32.1 Å². The summed E-state index contributed by atoms with van der Waals surface area (Å²) in [5.74, 6) is 2.07. The number of benzene rings is 2. The summed E-state index contributed by atoms with van der Waals surface area (Å²) in [6.07, 6.45) is 2.84. The van der Waals surface area contributed by atoms with Crippen molar-refractivity contribution in [2.75, 3.05) is 27.0 Å². The van der Waals surface area contributed by atoms with Gasteiger partial charge in [0.15, 0.2) is 0 Å². The number of hydrogen-bond donors (Lipinski definition) is 2. The average Bonchev–Trinajstić information content (AvgIpc) is 2.59. The van der Waals surface area contributed by atoms with E-state index in [4.69, 9.17) is 9.47 Å². The number of methoxy groups -OCH3 is 2. The van der Waals surface area contributed by atoms with E-state index in [0.717, 1.165) is 40.5 Å². The molecule has 0 aliphatic carbocycles. The largest absolute Gasteiger partial charge is 0.508 e. The molecule has 0 unspecified atom stereocenters. The number of aromatic hydroxyl groups is 1. The summed E-state index contributed by atoms with van der Waals surface area (Å²) >= 11 is 1.64. The minimum atomic E-state index is 0.323. The number of phenols is 1. The number of para-hydroxylation sites is 1. The highest BCUT2D eigenvalue weighted by molar-refractivity contribution is 7.98. The Morgan fingerprint density at radius 3 is 2.43 bits per heavy atom. The van der Waals surface area contributed by atoms with Gasteiger partial charge < -0.3 is 19.9 Å². The molecule has 0 aliphatic heterocycles. The smallest absolute Gasteiger partial charge is 0.132 e. The van der Waals surface area contributed by atoms with Crippen LogP contribution in [0.2, 0.25) is 0 Å². The van der Waals surface area contributed by atoms with Gasteiger partial charge in [0.1, 0.15) is 17.2 Å². The minimum Gasteiger partial charge on any atom is -0.508 e. The van der Waals surface area contributed by atoms with Crippen molar-refractivity contribution in [1.29, 1.82) is 0 Å². The van der Waals surface area contributed by atoms with Crippen molar-refractivity contribution in [2.24, 2.45) is 0 Å². The van der Waals surface area contributed by atoms with Gasteiger partial charge in [-0.3, -0.25) is 0 Å². The van der Waals surface area contributed by atoms with Crippen LogP contribution in [-0.2, 0) is 13.0 Å². The third-order valence-corrected chi connectivity index (χ3v) is 4.42. The zero-order valence-electron chi connectivity index (χ0n) is 13.8. The van der Waals surface area contributed by atoms with Gasteiger partial charge in [-0.1, -0.05) is 18.2 Å². The van der Waals surface area contributed by atoms with Crippen LogP contribution in [0.3, 0.4) is 0 Å². The Kier molecular flexibility index (Phi) is 6.62. The third-order valence-electron chi connectivity index (χ3n) is 3.66. The van der Waals surface area contributed by atoms with E-state index in [1.54, 1.807) is 32.0 Å². The fraction of sp³-hybridized carbons (Fsp3) is 0.333. The highest BCUT2D eigenvalue weighted by Crippen LogP contribution is 2.34. The molecule has 5 heteroatoms. The number of nitrogens with one attached hydrogen (secondary N) is 1. The molecule has 0 saturated heterocycles. The average molecular weight is 333 g/mol. The zero-order chi connectivity index (χ0) is 16.7. The van der Waals surface area contributed by atoms with Crippen molar-refractivity contribution in [3.8, 4) is 17.2 Å². The van der Waals surface area contributed by atoms with Gasteiger partial charge in [-0.25, -0.2) is 0 Å². The molecule has 0 atom stereocenters. The maximum Gasteiger partial charge on any atom is 0.132 e. The Bertz CT molecular complexity index is 646. The Morgan fingerprint density at radius 2 is 1.78 bits per heavy atom. The lowest BCUT2D eigenvalue weighted by Gasteiger charge is -2.14. The van der Waals surface area contributed by atoms with Crippen LogP contribution < -0.4 is 14.8 Å². The Labute approximate surface area is 141 Å². The van der Waals surface area contributed by atoms with E-state index < -0.39 is 0 Å². The van der Waals surface area contributed by atoms with E-state index in [2.05, 4.69) is 5.32 Å². The predicted molar refractivity (Wildman–Crippen MR) is 94.8 cm³/mol. The van der Waals surface area contributed by atoms with Crippen LogP contribution in [0.25, 0.3) is 0 Å². The van der Waals surface area contributed by atoms with E-state index in [0.29, 0.717) is 12.3 Å². The predicted octanol–water partition coefficient (Wildman–Crippen LogP) is 3.46. The van der Waals surface area contributed by atoms with Gasteiger partial charge in [-0.05, 0) is 43.0 Å². The third kappa shape index (κ3) is 4.56. The van der Waals surface area contributed by atoms with Gasteiger partial charge in [0, 0.05) is 12.1 Å². The molecular formula is C18H23NO3S. The van der Waals surface area contributed by atoms with Crippen molar-refractivity contribution < 1.29 is 14.6 Å². The molecule has 0 bridgehead atoms. The quantitative estimate of drug-likeness (QED) is 0.572. The Morgan fingerprint density at radius 1 is 1.04 bits per heavy atom. The van der Waals surface area contributed by atoms with Crippen LogP contribution >= 0.6 is 11.8 Å². The molecule has 124 valence electrons. The monoisotopic (exact) mass is 333 g/mol. The molecule has 0 spiro atoms. The van der Waals surface area contributed by atoms with Crippen molar-refractivity contribution >= 4 is 11.8 Å². The van der Waals surface area contributed by atoms with Crippen molar-refractivity contribution in [1.82, 2.24) is 5.32 Å². The van der Waals surface area contributed by atoms with Gasteiger partial charge in [0.25, 0.3) is 0 Å². The molecular weight excluding hydrogens is 310 g/mol. The fourth-order valence-electron chi connectivity index (χ4n) is 2.39. The highest BCUT2D eigenvalue weighted by Gasteiger charge is 2.10. The Balaban J connectivity index is 1.98. The topological polar surface area (TPSA) is 50.7 Å². The standard InChI is InChI=1S/C18H23NO3S/c1-21-16-11-18(23-3)17(22-2)10-13(16)8-9-19-12-14-6-4-5-7-15(14)20/h4-7,10-11,19-20H,8-9,12H2,1-3H3. The molecule has 23 heavy (non-hydrogen) atoms. The zero-order valence-corrected chi connectivity index (χ0v) is 14.6. The van der Waals surface area contributed by atoms with Crippen molar-refractivity contribution in [3.05, 3.63) is 47.5 Å². The summed E-state index contributed by atoms with van der Waals surface area (Å²) in [4.78, 5) is 1.07. The van der Waals surface area contributed by atoms with Gasteiger partial charge in [0.05, 0.1) is 19.1 Å². The summed E-state index contributed by atoms with van der Waals surface area (Å²) in [7, 11) is 3.37. The highest BCUT2D eigenvalue weighted by atomic mass is 32.2. The first-order valence-corrected chi connectivity index (χ1v) is 8.68. The summed E-state index contributed by atoms with van der Waals surface area (Å²) in [6, 6.07) is 11.4. The lowest BCUT2D eigenvalue weighted by molar-refractivity contribution is 0.390. The number of rotatable bonds is 8. The van der Waals surface area contributed by atoms with Crippen LogP contribution in [0.4, 0.5) is 0 Å². The molecule has 2 aromatic carbocycles. The van der Waals surface area contributed by atoms with E-state index >= 15 is 0 Å². The molecule has 0 heterocycles. The molecule has 2 N–H and O–H groups in total. The van der Waals surface area contributed by atoms with Crippen molar-refractivity contribution in [3.63, 3.8) is 0 Å². The summed E-state index contributed by atoms with van der Waals surface area (Å²) in [6.45, 7) is 1.42. The van der Waals surface area contributed by atoms with Crippen LogP contribution in [0.1, 0.15) is 11.1 Å². The molecule has 0 amide bonds. The van der Waals surface area contributed by atoms with Gasteiger partial charge >= 0.3 is 0 Å². The molecule has 2 rings (SSSR count). The lowest BCUT2D eigenvalue weighted by Crippen LogP contribution is -2.17. The second-order valence-corrected chi connectivity index (χ2v) is 5.92. The first kappa shape index (κ1) is 17.5. The second-order valence-electron chi connectivity index (χ2n) is 5.07. The maximum atomic E-state index is 9.76. The molecule has 0 saturated carbocycles. The normalized spacial score (nSPS) is 10.6. The van der Waals surface area contributed by atoms with Gasteiger partial charge in [0.2, 0.25) is 0 Å². The molecule has 0 aliphatic rings. The van der Waals surface area contributed by atoms with Crippen LogP contribution in [0.15, 0.2) is 41.3 Å². The first-order chi connectivity index (χ1) is 11.2. The van der Waals surface area contributed by atoms with Gasteiger partial charge in [-0.2, -0.15) is 0 Å². The van der Waals surface area contributed by atoms with E-state index in [9.17, 15) is 5.11 Å². The Hall–Kier alpha value is -1.85. The number of thioether (sulfide) groups is 1. The molecule has 0 aromatic heterocycles. The van der Waals surface area contributed by atoms with Crippen LogP contribution in [0, 0.1) is 0 Å². The van der Waals surface area contributed by atoms with E-state index in [1.165, 1.54) is 0 Å². The van der Waals surface area contributed by atoms with Crippen LogP contribution in [0.5, 0.6) is 17.2 Å². The summed E-state index contributed by atoms with van der Waals surface area (Å²) < 4.78 is 10.9. The maximum absolute atomic E-state index is 9.76. The SMILES string of the molecule is COc1cc(SC)c(OC)cc1CCNCc1ccccc1O. The molecule has 0 radical (unpaired) electrons. The summed E-state index contributed by atoms with van der Waals surface area (Å²) in [5.41, 5.74) is 2.00. The molecule has 2 aromatic rings. The second kappa shape index (κ2) is 8.70.